The molecule has 3 aromatic heterocycles. The summed E-state index contributed by atoms with van der Waals surface area (Å²) in [5, 5.41) is 8.65. The number of amides is 1. The fraction of sp³-hybridized carbons (Fsp3) is 0.136. The third-order valence-electron chi connectivity index (χ3n) is 4.76. The molecular weight excluding hydrogens is 566 g/mol. The van der Waals surface area contributed by atoms with Crippen LogP contribution in [0.1, 0.15) is 34.7 Å². The van der Waals surface area contributed by atoms with E-state index in [0.717, 1.165) is 24.7 Å². The molecule has 5 nitrogen and oxygen atoms in total. The van der Waals surface area contributed by atoms with Crippen LogP contribution in [0.5, 0.6) is 0 Å². The highest BCUT2D eigenvalue weighted by Gasteiger charge is 2.25. The number of carbonyl (C=O) groups is 1. The van der Waals surface area contributed by atoms with Crippen molar-refractivity contribution in [1.82, 2.24) is 20.1 Å². The maximum absolute atomic E-state index is 13.2. The van der Waals surface area contributed by atoms with Gasteiger partial charge in [-0.15, -0.1) is 11.3 Å². The molecule has 9 heteroatoms. The summed E-state index contributed by atoms with van der Waals surface area (Å²) in [6, 6.07) is 14.6. The molecule has 4 aromatic rings. The third-order valence-corrected chi connectivity index (χ3v) is 7.20. The Labute approximate surface area is 207 Å². The van der Waals surface area contributed by atoms with Crippen molar-refractivity contribution in [3.63, 3.8) is 0 Å². The van der Waals surface area contributed by atoms with Crippen LogP contribution in [0.4, 0.5) is 0 Å². The molecule has 0 saturated carbocycles. The van der Waals surface area contributed by atoms with Gasteiger partial charge in [-0.3, -0.25) is 9.78 Å². The summed E-state index contributed by atoms with van der Waals surface area (Å²) in [4.78, 5) is 18.5. The molecule has 0 saturated heterocycles. The van der Waals surface area contributed by atoms with Crippen LogP contribution in [0, 0.1) is 9.81 Å². The molecule has 0 aliphatic heterocycles. The van der Waals surface area contributed by atoms with Gasteiger partial charge in [-0.05, 0) is 78.9 Å². The van der Waals surface area contributed by atoms with E-state index in [-0.39, 0.29) is 11.9 Å². The smallest absolute Gasteiger partial charge is 0.272 e. The normalized spacial score (nSPS) is 12.0. The second-order valence-corrected chi connectivity index (χ2v) is 10.7. The van der Waals surface area contributed by atoms with E-state index >= 15 is 0 Å². The van der Waals surface area contributed by atoms with Crippen molar-refractivity contribution in [3.8, 4) is 16.3 Å². The van der Waals surface area contributed by atoms with Gasteiger partial charge in [0.15, 0.2) is 5.69 Å². The topological polar surface area (TPSA) is 59.8 Å². The summed E-state index contributed by atoms with van der Waals surface area (Å²) in [5.74, 6) is -0.271. The quantitative estimate of drug-likeness (QED) is 0.266. The number of nitrogens with one attached hydrogen (secondary N) is 1. The third kappa shape index (κ3) is 4.64. The lowest BCUT2D eigenvalue weighted by molar-refractivity contribution is 0.0933. The van der Waals surface area contributed by atoms with E-state index in [1.54, 1.807) is 40.4 Å². The van der Waals surface area contributed by atoms with Crippen LogP contribution in [0.15, 0.2) is 54.7 Å². The zero-order valence-corrected chi connectivity index (χ0v) is 21.1. The summed E-state index contributed by atoms with van der Waals surface area (Å²) in [6.07, 6.45) is 1.71. The van der Waals surface area contributed by atoms with Gasteiger partial charge in [-0.25, -0.2) is 4.68 Å². The number of halogens is 3. The highest BCUT2D eigenvalue weighted by molar-refractivity contribution is 14.1. The lowest BCUT2D eigenvalue weighted by Crippen LogP contribution is -2.28. The second kappa shape index (κ2) is 9.28. The van der Waals surface area contributed by atoms with E-state index in [1.807, 2.05) is 44.2 Å². The number of nitrogens with zero attached hydrogens (tertiary/aromatic N) is 3. The summed E-state index contributed by atoms with van der Waals surface area (Å²) in [5.41, 5.74) is 3.38. The Bertz CT molecular complexity index is 1260. The molecule has 0 aliphatic rings. The average Bonchev–Trinajstić information content (AvgIpc) is 3.31. The average molecular weight is 583 g/mol. The van der Waals surface area contributed by atoms with Gasteiger partial charge in [0.2, 0.25) is 0 Å². The molecular formula is C22H17Cl2IN4OS. The van der Waals surface area contributed by atoms with Crippen LogP contribution in [-0.4, -0.2) is 20.7 Å². The molecule has 158 valence electrons. The fourth-order valence-electron chi connectivity index (χ4n) is 3.24. The van der Waals surface area contributed by atoms with Gasteiger partial charge < -0.3 is 5.32 Å². The van der Waals surface area contributed by atoms with Crippen molar-refractivity contribution in [2.24, 2.45) is 0 Å². The lowest BCUT2D eigenvalue weighted by atomic mass is 10.1. The van der Waals surface area contributed by atoms with E-state index in [9.17, 15) is 4.79 Å². The van der Waals surface area contributed by atoms with Gasteiger partial charge in [0.1, 0.15) is 0 Å². The van der Waals surface area contributed by atoms with E-state index < -0.39 is 0 Å². The molecule has 1 amide bonds. The molecule has 1 N–H and O–H groups in total. The Morgan fingerprint density at radius 3 is 2.65 bits per heavy atom. The highest BCUT2D eigenvalue weighted by atomic mass is 127. The minimum Gasteiger partial charge on any atom is -0.343 e. The van der Waals surface area contributed by atoms with Crippen LogP contribution in [-0.2, 0) is 0 Å². The first-order valence-electron chi connectivity index (χ1n) is 9.37. The summed E-state index contributed by atoms with van der Waals surface area (Å²) in [7, 11) is 0. The number of benzene rings is 1. The molecule has 31 heavy (non-hydrogen) atoms. The summed E-state index contributed by atoms with van der Waals surface area (Å²) in [6.45, 7) is 3.79. The molecule has 1 atom stereocenters. The van der Waals surface area contributed by atoms with Gasteiger partial charge in [-0.1, -0.05) is 29.3 Å². The van der Waals surface area contributed by atoms with Gasteiger partial charge in [0, 0.05) is 16.8 Å². The van der Waals surface area contributed by atoms with E-state index in [1.165, 1.54) is 0 Å². The highest BCUT2D eigenvalue weighted by Crippen LogP contribution is 2.36. The largest absolute Gasteiger partial charge is 0.343 e. The van der Waals surface area contributed by atoms with Gasteiger partial charge in [-0.2, -0.15) is 5.10 Å². The molecule has 0 aliphatic carbocycles. The first-order chi connectivity index (χ1) is 14.8. The predicted molar refractivity (Wildman–Crippen MR) is 134 cm³/mol. The SMILES string of the molecule is Cc1c(C(=O)N[C@@H](C)c2ccccn2)nn(-c2ccc(Cl)cc2Cl)c1-c1ccc(I)s1. The maximum Gasteiger partial charge on any atom is 0.272 e. The Kier molecular flexibility index (Phi) is 6.66. The molecule has 0 unspecified atom stereocenters. The van der Waals surface area contributed by atoms with Gasteiger partial charge in [0.05, 0.1) is 35.9 Å². The zero-order valence-electron chi connectivity index (χ0n) is 16.6. The molecule has 0 spiro atoms. The van der Waals surface area contributed by atoms with E-state index in [4.69, 9.17) is 23.2 Å². The van der Waals surface area contributed by atoms with Crippen molar-refractivity contribution in [3.05, 3.63) is 84.6 Å². The van der Waals surface area contributed by atoms with E-state index in [0.29, 0.717) is 21.4 Å². The fourth-order valence-corrected chi connectivity index (χ4v) is 5.44. The Morgan fingerprint density at radius 2 is 2.00 bits per heavy atom. The van der Waals surface area contributed by atoms with Crippen LogP contribution in [0.25, 0.3) is 16.3 Å². The van der Waals surface area contributed by atoms with Crippen LogP contribution in [0.3, 0.4) is 0 Å². The number of hydrogen-bond donors (Lipinski definition) is 1. The maximum atomic E-state index is 13.2. The van der Waals surface area contributed by atoms with Gasteiger partial charge in [0.25, 0.3) is 5.91 Å². The minimum absolute atomic E-state index is 0.261. The van der Waals surface area contributed by atoms with Crippen molar-refractivity contribution in [1.29, 1.82) is 0 Å². The van der Waals surface area contributed by atoms with E-state index in [2.05, 4.69) is 38.0 Å². The number of aromatic nitrogens is 3. The monoisotopic (exact) mass is 582 g/mol. The minimum atomic E-state index is -0.271. The molecule has 0 fully saturated rings. The number of hydrogen-bond acceptors (Lipinski definition) is 4. The number of rotatable bonds is 5. The number of carbonyl (C=O) groups excluding carboxylic acids is 1. The molecule has 4 rings (SSSR count). The predicted octanol–water partition coefficient (Wildman–Crippen LogP) is 6.71. The Hall–Kier alpha value is -1.94. The van der Waals surface area contributed by atoms with Crippen molar-refractivity contribution >= 4 is 63.0 Å². The zero-order chi connectivity index (χ0) is 22.1. The second-order valence-electron chi connectivity index (χ2n) is 6.88. The Morgan fingerprint density at radius 1 is 1.19 bits per heavy atom. The summed E-state index contributed by atoms with van der Waals surface area (Å²) < 4.78 is 2.85. The summed E-state index contributed by atoms with van der Waals surface area (Å²) >= 11 is 16.5. The van der Waals surface area contributed by atoms with Crippen molar-refractivity contribution < 1.29 is 4.79 Å². The number of pyridine rings is 1. The lowest BCUT2D eigenvalue weighted by Gasteiger charge is -2.12. The molecule has 0 bridgehead atoms. The molecule has 1 aromatic carbocycles. The van der Waals surface area contributed by atoms with Crippen LogP contribution < -0.4 is 5.32 Å². The van der Waals surface area contributed by atoms with Crippen molar-refractivity contribution in [2.75, 3.05) is 0 Å². The van der Waals surface area contributed by atoms with Gasteiger partial charge >= 0.3 is 0 Å². The Balaban J connectivity index is 1.79. The molecule has 3 heterocycles. The standard InChI is InChI=1S/C22H17Cl2IN4OS/c1-12-20(22(30)27-13(2)16-5-3-4-10-26-16)28-29(17-7-6-14(23)11-15(17)24)21(12)18-8-9-19(25)31-18/h3-11,13H,1-2H3,(H,27,30)/t13-/m0/s1. The first-order valence-corrected chi connectivity index (χ1v) is 12.0. The van der Waals surface area contributed by atoms with Crippen LogP contribution >= 0.6 is 57.1 Å². The molecule has 0 radical (unpaired) electrons. The first kappa shape index (κ1) is 22.3. The van der Waals surface area contributed by atoms with Crippen molar-refractivity contribution in [2.45, 2.75) is 19.9 Å². The number of thiophene rings is 1. The van der Waals surface area contributed by atoms with Crippen LogP contribution in [0.2, 0.25) is 10.0 Å².